The molecule has 0 atom stereocenters. The maximum Gasteiger partial charge on any atom is 0.404 e. The molecule has 0 bridgehead atoms. The number of nitrogens with one attached hydrogen (secondary N) is 1. The third-order valence-electron chi connectivity index (χ3n) is 2.19. The normalized spacial score (nSPS) is 9.30. The van der Waals surface area contributed by atoms with Crippen molar-refractivity contribution in [1.29, 1.82) is 0 Å². The molecule has 7 heteroatoms. The molecular formula is C13H14ClN3O3. The highest BCUT2D eigenvalue weighted by molar-refractivity contribution is 6.32. The van der Waals surface area contributed by atoms with E-state index in [0.29, 0.717) is 16.1 Å². The highest BCUT2D eigenvalue weighted by Gasteiger charge is 2.07. The number of primary amides is 1. The molecule has 1 aromatic carbocycles. The van der Waals surface area contributed by atoms with Crippen molar-refractivity contribution in [3.05, 3.63) is 34.3 Å². The van der Waals surface area contributed by atoms with E-state index in [9.17, 15) is 9.59 Å². The summed E-state index contributed by atoms with van der Waals surface area (Å²) < 4.78 is 4.48. The van der Waals surface area contributed by atoms with Crippen LogP contribution in [0.5, 0.6) is 0 Å². The number of hydrogen-bond donors (Lipinski definition) is 3. The monoisotopic (exact) mass is 295 g/mol. The van der Waals surface area contributed by atoms with Gasteiger partial charge in [-0.3, -0.25) is 4.79 Å². The van der Waals surface area contributed by atoms with Crippen molar-refractivity contribution in [3.63, 3.8) is 0 Å². The molecule has 0 spiro atoms. The number of amides is 2. The molecule has 0 unspecified atom stereocenters. The lowest BCUT2D eigenvalue weighted by Crippen LogP contribution is -2.29. The summed E-state index contributed by atoms with van der Waals surface area (Å²) in [5, 5.41) is 2.93. The number of nitrogens with two attached hydrogens (primary N) is 2. The van der Waals surface area contributed by atoms with Gasteiger partial charge in [0, 0.05) is 11.1 Å². The lowest BCUT2D eigenvalue weighted by Gasteiger charge is -2.06. The van der Waals surface area contributed by atoms with E-state index in [4.69, 9.17) is 23.1 Å². The van der Waals surface area contributed by atoms with E-state index in [0.717, 1.165) is 0 Å². The Bertz CT molecular complexity index is 564. The molecule has 20 heavy (non-hydrogen) atoms. The fraction of sp³-hybridized carbons (Fsp3) is 0.231. The second-order valence-electron chi connectivity index (χ2n) is 3.62. The smallest absolute Gasteiger partial charge is 0.404 e. The molecular weight excluding hydrogens is 282 g/mol. The molecule has 0 heterocycles. The van der Waals surface area contributed by atoms with Crippen molar-refractivity contribution in [3.8, 4) is 11.8 Å². The van der Waals surface area contributed by atoms with Crippen LogP contribution in [0.3, 0.4) is 0 Å². The molecule has 0 saturated heterocycles. The van der Waals surface area contributed by atoms with Gasteiger partial charge in [-0.1, -0.05) is 23.4 Å². The number of hydrogen-bond acceptors (Lipinski definition) is 4. The van der Waals surface area contributed by atoms with Crippen LogP contribution in [0.1, 0.15) is 15.9 Å². The van der Waals surface area contributed by atoms with Crippen LogP contribution in [-0.4, -0.2) is 31.7 Å². The first-order valence-corrected chi connectivity index (χ1v) is 6.11. The molecule has 5 N–H and O–H groups in total. The zero-order valence-corrected chi connectivity index (χ0v) is 11.4. The molecule has 0 aromatic heterocycles. The number of benzene rings is 1. The van der Waals surface area contributed by atoms with Gasteiger partial charge in [0.25, 0.3) is 5.91 Å². The minimum absolute atomic E-state index is 0.00879. The van der Waals surface area contributed by atoms with Gasteiger partial charge >= 0.3 is 6.09 Å². The van der Waals surface area contributed by atoms with Gasteiger partial charge in [0.2, 0.25) is 0 Å². The van der Waals surface area contributed by atoms with E-state index >= 15 is 0 Å². The van der Waals surface area contributed by atoms with Crippen LogP contribution < -0.4 is 16.8 Å². The first-order chi connectivity index (χ1) is 9.54. The predicted molar refractivity (Wildman–Crippen MR) is 75.3 cm³/mol. The van der Waals surface area contributed by atoms with Crippen molar-refractivity contribution in [2.24, 2.45) is 11.5 Å². The average Bonchev–Trinajstić information content (AvgIpc) is 2.41. The van der Waals surface area contributed by atoms with E-state index in [1.807, 2.05) is 0 Å². The molecule has 2 amide bonds. The topological polar surface area (TPSA) is 107 Å². The van der Waals surface area contributed by atoms with Crippen molar-refractivity contribution < 1.29 is 14.3 Å². The first-order valence-electron chi connectivity index (χ1n) is 5.73. The highest BCUT2D eigenvalue weighted by atomic mass is 35.5. The van der Waals surface area contributed by atoms with Gasteiger partial charge in [0.1, 0.15) is 6.61 Å². The molecule has 1 rings (SSSR count). The van der Waals surface area contributed by atoms with Crippen LogP contribution in [0.25, 0.3) is 0 Å². The summed E-state index contributed by atoms with van der Waals surface area (Å²) in [6.45, 7) is 0.404. The van der Waals surface area contributed by atoms with Gasteiger partial charge in [0.05, 0.1) is 18.1 Å². The lowest BCUT2D eigenvalue weighted by atomic mass is 10.1. The molecule has 0 aliphatic heterocycles. The summed E-state index contributed by atoms with van der Waals surface area (Å²) in [6, 6.07) is 4.74. The Hall–Kier alpha value is -2.23. The molecule has 0 aliphatic rings. The Kier molecular flexibility index (Phi) is 6.37. The maximum absolute atomic E-state index is 11.8. The van der Waals surface area contributed by atoms with Crippen LogP contribution >= 0.6 is 11.6 Å². The van der Waals surface area contributed by atoms with Crippen LogP contribution in [0, 0.1) is 11.8 Å². The third kappa shape index (κ3) is 5.18. The summed E-state index contributed by atoms with van der Waals surface area (Å²) in [5.74, 6) is 5.14. The van der Waals surface area contributed by atoms with Crippen LogP contribution in [0.15, 0.2) is 18.2 Å². The number of carbonyl (C=O) groups is 2. The van der Waals surface area contributed by atoms with E-state index < -0.39 is 6.09 Å². The van der Waals surface area contributed by atoms with Crippen molar-refractivity contribution >= 4 is 23.6 Å². The highest BCUT2D eigenvalue weighted by Crippen LogP contribution is 2.16. The molecule has 0 fully saturated rings. The summed E-state index contributed by atoms with van der Waals surface area (Å²) in [6.07, 6.45) is -0.884. The summed E-state index contributed by atoms with van der Waals surface area (Å²) >= 11 is 6.00. The first kappa shape index (κ1) is 15.8. The van der Waals surface area contributed by atoms with Crippen molar-refractivity contribution in [1.82, 2.24) is 5.32 Å². The van der Waals surface area contributed by atoms with Gasteiger partial charge in [0.15, 0.2) is 0 Å². The van der Waals surface area contributed by atoms with Crippen LogP contribution in [0.4, 0.5) is 4.79 Å². The average molecular weight is 296 g/mol. The summed E-state index contributed by atoms with van der Waals surface area (Å²) in [7, 11) is 0. The second-order valence-corrected chi connectivity index (χ2v) is 4.03. The number of ether oxygens (including phenoxy) is 1. The molecule has 0 aliphatic carbocycles. The minimum Gasteiger partial charge on any atom is -0.448 e. The molecule has 1 aromatic rings. The van der Waals surface area contributed by atoms with Crippen LogP contribution in [-0.2, 0) is 4.74 Å². The Balaban J connectivity index is 2.61. The third-order valence-corrected chi connectivity index (χ3v) is 2.50. The quantitative estimate of drug-likeness (QED) is 0.554. The Morgan fingerprint density at radius 1 is 1.40 bits per heavy atom. The van der Waals surface area contributed by atoms with Gasteiger partial charge in [-0.2, -0.15) is 0 Å². The fourth-order valence-electron chi connectivity index (χ4n) is 1.32. The zero-order valence-electron chi connectivity index (χ0n) is 10.6. The second kappa shape index (κ2) is 8.04. The van der Waals surface area contributed by atoms with Crippen LogP contribution in [0.2, 0.25) is 5.02 Å². The molecule has 0 radical (unpaired) electrons. The molecule has 0 saturated carbocycles. The zero-order chi connectivity index (χ0) is 15.0. The summed E-state index contributed by atoms with van der Waals surface area (Å²) in [4.78, 5) is 22.1. The standard InChI is InChI=1S/C13H14ClN3O3/c14-11-8-10(4-3-9(11)2-1-5-15)12(18)17-6-7-20-13(16)19/h3-4,8H,5-7,15H2,(H2,16,19)(H,17,18). The van der Waals surface area contributed by atoms with Crippen molar-refractivity contribution in [2.45, 2.75) is 0 Å². The molecule has 106 valence electrons. The van der Waals surface area contributed by atoms with E-state index in [2.05, 4.69) is 21.9 Å². The minimum atomic E-state index is -0.884. The Morgan fingerprint density at radius 2 is 2.15 bits per heavy atom. The Morgan fingerprint density at radius 3 is 2.75 bits per heavy atom. The van der Waals surface area contributed by atoms with Gasteiger partial charge < -0.3 is 21.5 Å². The molecule has 6 nitrogen and oxygen atoms in total. The maximum atomic E-state index is 11.8. The fourth-order valence-corrected chi connectivity index (χ4v) is 1.55. The van der Waals surface area contributed by atoms with E-state index in [-0.39, 0.29) is 25.6 Å². The van der Waals surface area contributed by atoms with E-state index in [1.165, 1.54) is 6.07 Å². The number of rotatable bonds is 4. The SMILES string of the molecule is NCC#Cc1ccc(C(=O)NCCOC(N)=O)cc1Cl. The van der Waals surface area contributed by atoms with Gasteiger partial charge in [-0.15, -0.1) is 0 Å². The predicted octanol–water partition coefficient (Wildman–Crippen LogP) is 0.475. The van der Waals surface area contributed by atoms with Gasteiger partial charge in [-0.25, -0.2) is 4.79 Å². The van der Waals surface area contributed by atoms with E-state index in [1.54, 1.807) is 12.1 Å². The summed E-state index contributed by atoms with van der Waals surface area (Å²) in [5.41, 5.74) is 11.0. The Labute approximate surface area is 121 Å². The number of halogens is 1. The largest absolute Gasteiger partial charge is 0.448 e. The number of carbonyl (C=O) groups excluding carboxylic acids is 2. The van der Waals surface area contributed by atoms with Gasteiger partial charge in [-0.05, 0) is 18.2 Å². The van der Waals surface area contributed by atoms with Crippen molar-refractivity contribution in [2.75, 3.05) is 19.7 Å². The lowest BCUT2D eigenvalue weighted by molar-refractivity contribution is 0.0937.